The van der Waals surface area contributed by atoms with Crippen LogP contribution in [0.2, 0.25) is 0 Å². The summed E-state index contributed by atoms with van der Waals surface area (Å²) in [5, 5.41) is 0. The van der Waals surface area contributed by atoms with E-state index in [1.807, 2.05) is 0 Å². The van der Waals surface area contributed by atoms with E-state index in [0.29, 0.717) is 0 Å². The third kappa shape index (κ3) is 1.53. The van der Waals surface area contributed by atoms with E-state index in [1.165, 1.54) is 22.2 Å². The molecule has 0 unspecified atom stereocenters. The van der Waals surface area contributed by atoms with Crippen molar-refractivity contribution in [3.63, 3.8) is 0 Å². The molecule has 0 aliphatic carbocycles. The lowest BCUT2D eigenvalue weighted by molar-refractivity contribution is 0.855. The molecule has 0 fully saturated rings. The van der Waals surface area contributed by atoms with Gasteiger partial charge in [-0.25, -0.2) is 4.98 Å². The zero-order chi connectivity index (χ0) is 12.8. The summed E-state index contributed by atoms with van der Waals surface area (Å²) in [6.07, 6.45) is 4.38. The average Bonchev–Trinajstić information content (AvgIpc) is 2.82. The molecule has 1 aliphatic rings. The summed E-state index contributed by atoms with van der Waals surface area (Å²) in [6.45, 7) is 3.01. The molecule has 4 rings (SSSR count). The van der Waals surface area contributed by atoms with Crippen molar-refractivity contribution < 1.29 is 0 Å². The molecule has 1 aliphatic heterocycles. The number of imidazole rings is 1. The van der Waals surface area contributed by atoms with Gasteiger partial charge in [0.2, 0.25) is 0 Å². The van der Waals surface area contributed by atoms with Gasteiger partial charge in [-0.3, -0.25) is 0 Å². The van der Waals surface area contributed by atoms with E-state index in [4.69, 9.17) is 4.98 Å². The van der Waals surface area contributed by atoms with Crippen molar-refractivity contribution in [1.82, 2.24) is 9.55 Å². The van der Waals surface area contributed by atoms with Crippen LogP contribution in [-0.4, -0.2) is 9.55 Å². The maximum atomic E-state index is 4.81. The second-order valence-corrected chi connectivity index (χ2v) is 5.03. The second kappa shape index (κ2) is 3.82. The summed E-state index contributed by atoms with van der Waals surface area (Å²) in [5.41, 5.74) is 6.05. The van der Waals surface area contributed by atoms with Crippen molar-refractivity contribution >= 4 is 17.1 Å². The molecule has 0 saturated heterocycles. The minimum atomic E-state index is 0.900. The monoisotopic (exact) mass is 246 g/mol. The van der Waals surface area contributed by atoms with Gasteiger partial charge in [0, 0.05) is 17.7 Å². The molecule has 92 valence electrons. The van der Waals surface area contributed by atoms with Crippen LogP contribution in [-0.2, 0) is 6.54 Å². The zero-order valence-electron chi connectivity index (χ0n) is 10.8. The Morgan fingerprint density at radius 1 is 1.05 bits per heavy atom. The number of rotatable bonds is 1. The second-order valence-electron chi connectivity index (χ2n) is 5.03. The minimum Gasteiger partial charge on any atom is -0.320 e. The third-order valence-electron chi connectivity index (χ3n) is 3.69. The largest absolute Gasteiger partial charge is 0.320 e. The quantitative estimate of drug-likeness (QED) is 0.633. The molecule has 19 heavy (non-hydrogen) atoms. The SMILES string of the molecule is Cc1ccc(-c2nc3cccc4c3n2CC=C4)cc1. The van der Waals surface area contributed by atoms with Gasteiger partial charge in [0.15, 0.2) is 0 Å². The van der Waals surface area contributed by atoms with Crippen LogP contribution in [0.15, 0.2) is 48.5 Å². The molecule has 2 aromatic carbocycles. The molecule has 0 amide bonds. The van der Waals surface area contributed by atoms with Gasteiger partial charge in [-0.2, -0.15) is 0 Å². The van der Waals surface area contributed by atoms with Crippen LogP contribution in [0.1, 0.15) is 11.1 Å². The lowest BCUT2D eigenvalue weighted by atomic mass is 10.1. The molecular weight excluding hydrogens is 232 g/mol. The fraction of sp³-hybridized carbons (Fsp3) is 0.118. The Morgan fingerprint density at radius 3 is 2.74 bits per heavy atom. The van der Waals surface area contributed by atoms with Gasteiger partial charge in [0.25, 0.3) is 0 Å². The standard InChI is InChI=1S/C17H14N2/c1-12-7-9-14(10-8-12)17-18-15-6-2-4-13-5-3-11-19(17)16(13)15/h2-10H,11H2,1H3. The summed E-state index contributed by atoms with van der Waals surface area (Å²) >= 11 is 0. The van der Waals surface area contributed by atoms with Crippen LogP contribution in [0.3, 0.4) is 0 Å². The van der Waals surface area contributed by atoms with E-state index < -0.39 is 0 Å². The predicted molar refractivity (Wildman–Crippen MR) is 78.9 cm³/mol. The van der Waals surface area contributed by atoms with Crippen LogP contribution < -0.4 is 0 Å². The Hall–Kier alpha value is -2.35. The van der Waals surface area contributed by atoms with Gasteiger partial charge in [-0.15, -0.1) is 0 Å². The van der Waals surface area contributed by atoms with E-state index in [2.05, 4.69) is 66.1 Å². The predicted octanol–water partition coefficient (Wildman–Crippen LogP) is 4.04. The van der Waals surface area contributed by atoms with Crippen LogP contribution in [0, 0.1) is 6.92 Å². The van der Waals surface area contributed by atoms with Gasteiger partial charge < -0.3 is 4.57 Å². The molecule has 0 bridgehead atoms. The van der Waals surface area contributed by atoms with Crippen molar-refractivity contribution in [2.75, 3.05) is 0 Å². The molecule has 2 heteroatoms. The van der Waals surface area contributed by atoms with E-state index in [0.717, 1.165) is 17.9 Å². The Kier molecular flexibility index (Phi) is 2.12. The summed E-state index contributed by atoms with van der Waals surface area (Å²) in [7, 11) is 0. The number of hydrogen-bond donors (Lipinski definition) is 0. The van der Waals surface area contributed by atoms with E-state index >= 15 is 0 Å². The van der Waals surface area contributed by atoms with Gasteiger partial charge in [0.1, 0.15) is 5.82 Å². The van der Waals surface area contributed by atoms with E-state index in [9.17, 15) is 0 Å². The number of benzene rings is 2. The lowest BCUT2D eigenvalue weighted by Crippen LogP contribution is -2.02. The van der Waals surface area contributed by atoms with Crippen LogP contribution in [0.5, 0.6) is 0 Å². The number of aromatic nitrogens is 2. The number of hydrogen-bond acceptors (Lipinski definition) is 1. The highest BCUT2D eigenvalue weighted by molar-refractivity contribution is 5.89. The normalized spacial score (nSPS) is 13.1. The Balaban J connectivity index is 2.02. The first-order chi connectivity index (χ1) is 9.33. The van der Waals surface area contributed by atoms with Gasteiger partial charge in [-0.05, 0) is 13.0 Å². The zero-order valence-corrected chi connectivity index (χ0v) is 10.8. The topological polar surface area (TPSA) is 17.8 Å². The minimum absolute atomic E-state index is 0.900. The molecule has 2 nitrogen and oxygen atoms in total. The average molecular weight is 246 g/mol. The first-order valence-corrected chi connectivity index (χ1v) is 6.56. The van der Waals surface area contributed by atoms with Gasteiger partial charge >= 0.3 is 0 Å². The summed E-state index contributed by atoms with van der Waals surface area (Å²) in [6, 6.07) is 14.9. The number of allylic oxidation sites excluding steroid dienone is 1. The first-order valence-electron chi connectivity index (χ1n) is 6.56. The van der Waals surface area contributed by atoms with Crippen molar-refractivity contribution in [2.45, 2.75) is 13.5 Å². The molecule has 2 heterocycles. The summed E-state index contributed by atoms with van der Waals surface area (Å²) < 4.78 is 2.30. The van der Waals surface area contributed by atoms with E-state index in [-0.39, 0.29) is 0 Å². The van der Waals surface area contributed by atoms with Crippen molar-refractivity contribution in [1.29, 1.82) is 0 Å². The van der Waals surface area contributed by atoms with Crippen molar-refractivity contribution in [3.8, 4) is 11.4 Å². The molecule has 1 aromatic heterocycles. The van der Waals surface area contributed by atoms with Crippen molar-refractivity contribution in [2.24, 2.45) is 0 Å². The van der Waals surface area contributed by atoms with Crippen LogP contribution >= 0.6 is 0 Å². The maximum Gasteiger partial charge on any atom is 0.141 e. The molecule has 0 radical (unpaired) electrons. The summed E-state index contributed by atoms with van der Waals surface area (Å²) in [4.78, 5) is 4.81. The highest BCUT2D eigenvalue weighted by atomic mass is 15.1. The molecule has 0 saturated carbocycles. The smallest absolute Gasteiger partial charge is 0.141 e. The molecule has 0 N–H and O–H groups in total. The highest BCUT2D eigenvalue weighted by Crippen LogP contribution is 2.30. The highest BCUT2D eigenvalue weighted by Gasteiger charge is 2.15. The third-order valence-corrected chi connectivity index (χ3v) is 3.69. The molecular formula is C17H14N2. The molecule has 3 aromatic rings. The fourth-order valence-electron chi connectivity index (χ4n) is 2.73. The lowest BCUT2D eigenvalue weighted by Gasteiger charge is -2.12. The Morgan fingerprint density at radius 2 is 1.89 bits per heavy atom. The fourth-order valence-corrected chi connectivity index (χ4v) is 2.73. The van der Waals surface area contributed by atoms with E-state index in [1.54, 1.807) is 0 Å². The van der Waals surface area contributed by atoms with Gasteiger partial charge in [0.05, 0.1) is 11.0 Å². The Labute approximate surface area is 112 Å². The van der Waals surface area contributed by atoms with Crippen molar-refractivity contribution in [3.05, 3.63) is 59.7 Å². The molecule has 0 atom stereocenters. The van der Waals surface area contributed by atoms with Crippen LogP contribution in [0.25, 0.3) is 28.5 Å². The maximum absolute atomic E-state index is 4.81. The Bertz CT molecular complexity index is 792. The number of aryl methyl sites for hydroxylation is 1. The van der Waals surface area contributed by atoms with Crippen LogP contribution in [0.4, 0.5) is 0 Å². The number of para-hydroxylation sites is 1. The first kappa shape index (κ1) is 10.6. The summed E-state index contributed by atoms with van der Waals surface area (Å²) in [5.74, 6) is 1.06. The molecule has 0 spiro atoms. The number of nitrogens with zero attached hydrogens (tertiary/aromatic N) is 2. The van der Waals surface area contributed by atoms with Gasteiger partial charge in [-0.1, -0.05) is 54.1 Å².